The van der Waals surface area contributed by atoms with E-state index in [0.717, 1.165) is 32.5 Å². The molecule has 0 spiro atoms. The number of ether oxygens (including phenoxy) is 1. The van der Waals surface area contributed by atoms with Crippen molar-refractivity contribution in [2.75, 3.05) is 7.11 Å². The molecular weight excluding hydrogens is 250 g/mol. The molecule has 3 nitrogen and oxygen atoms in total. The van der Waals surface area contributed by atoms with Crippen molar-refractivity contribution in [1.82, 2.24) is 0 Å². The first-order chi connectivity index (χ1) is 9.79. The minimum absolute atomic E-state index is 0.550. The molecule has 0 atom stereocenters. The molecule has 0 fully saturated rings. The number of benzene rings is 2. The molecule has 1 aromatic heterocycles. The normalized spacial score (nSPS) is 10.7. The fourth-order valence-electron chi connectivity index (χ4n) is 2.46. The summed E-state index contributed by atoms with van der Waals surface area (Å²) in [5.41, 5.74) is 1.75. The Labute approximate surface area is 117 Å². The second-order valence-corrected chi connectivity index (χ2v) is 4.66. The van der Waals surface area contributed by atoms with Gasteiger partial charge in [-0.05, 0) is 17.5 Å². The molecule has 0 bridgehead atoms. The van der Waals surface area contributed by atoms with Gasteiger partial charge in [0.25, 0.3) is 0 Å². The predicted molar refractivity (Wildman–Crippen MR) is 78.7 cm³/mol. The van der Waals surface area contributed by atoms with Crippen LogP contribution in [0.4, 0.5) is 0 Å². The number of hydrogen-bond acceptors (Lipinski definition) is 2. The number of fused-ring (bicyclic) bond motifs is 1. The standard InChI is InChI=1S/C17H15NO2/c1-20-17-9-5-3-7-14(17)12-16-15-8-4-2-6-13(15)10-11-18(16)19/h2-11H,12H2,1H3. The molecule has 1 heterocycles. The highest BCUT2D eigenvalue weighted by atomic mass is 16.5. The monoisotopic (exact) mass is 265 g/mol. The van der Waals surface area contributed by atoms with Crippen molar-refractivity contribution in [3.05, 3.63) is 77.3 Å². The van der Waals surface area contributed by atoms with E-state index < -0.39 is 0 Å². The maximum absolute atomic E-state index is 12.1. The molecule has 0 aliphatic carbocycles. The van der Waals surface area contributed by atoms with Gasteiger partial charge in [0, 0.05) is 11.6 Å². The van der Waals surface area contributed by atoms with Crippen molar-refractivity contribution in [2.24, 2.45) is 0 Å². The van der Waals surface area contributed by atoms with Gasteiger partial charge >= 0.3 is 0 Å². The van der Waals surface area contributed by atoms with Crippen LogP contribution in [0.1, 0.15) is 11.3 Å². The van der Waals surface area contributed by atoms with E-state index in [4.69, 9.17) is 4.74 Å². The van der Waals surface area contributed by atoms with Gasteiger partial charge < -0.3 is 9.94 Å². The Morgan fingerprint density at radius 1 is 1.00 bits per heavy atom. The summed E-state index contributed by atoms with van der Waals surface area (Å²) < 4.78 is 6.30. The lowest BCUT2D eigenvalue weighted by atomic mass is 10.0. The third-order valence-electron chi connectivity index (χ3n) is 3.48. The van der Waals surface area contributed by atoms with Gasteiger partial charge in [-0.15, -0.1) is 0 Å². The average Bonchev–Trinajstić information content (AvgIpc) is 2.50. The third-order valence-corrected chi connectivity index (χ3v) is 3.48. The van der Waals surface area contributed by atoms with Crippen molar-refractivity contribution in [3.8, 4) is 5.75 Å². The van der Waals surface area contributed by atoms with Gasteiger partial charge in [0.15, 0.2) is 6.20 Å². The molecular formula is C17H15NO2. The number of hydrogen-bond donors (Lipinski definition) is 0. The summed E-state index contributed by atoms with van der Waals surface area (Å²) in [4.78, 5) is 0. The van der Waals surface area contributed by atoms with Gasteiger partial charge in [-0.3, -0.25) is 0 Å². The van der Waals surface area contributed by atoms with Crippen LogP contribution in [0.25, 0.3) is 10.8 Å². The lowest BCUT2D eigenvalue weighted by Crippen LogP contribution is -2.31. The Bertz CT molecular complexity index is 753. The minimum atomic E-state index is 0.550. The zero-order valence-electron chi connectivity index (χ0n) is 11.2. The number of para-hydroxylation sites is 1. The van der Waals surface area contributed by atoms with Crippen molar-refractivity contribution in [3.63, 3.8) is 0 Å². The van der Waals surface area contributed by atoms with Crippen LogP contribution in [0.5, 0.6) is 5.75 Å². The van der Waals surface area contributed by atoms with E-state index in [-0.39, 0.29) is 0 Å². The molecule has 100 valence electrons. The lowest BCUT2D eigenvalue weighted by molar-refractivity contribution is -0.611. The molecule has 2 aromatic carbocycles. The van der Waals surface area contributed by atoms with E-state index in [1.54, 1.807) is 13.3 Å². The molecule has 3 rings (SSSR count). The van der Waals surface area contributed by atoms with Crippen LogP contribution in [0.3, 0.4) is 0 Å². The van der Waals surface area contributed by atoms with Crippen LogP contribution in [0.15, 0.2) is 60.8 Å². The van der Waals surface area contributed by atoms with Crippen molar-refractivity contribution >= 4 is 10.8 Å². The van der Waals surface area contributed by atoms with Crippen molar-refractivity contribution in [2.45, 2.75) is 6.42 Å². The molecule has 3 aromatic rings. The topological polar surface area (TPSA) is 36.2 Å². The predicted octanol–water partition coefficient (Wildman–Crippen LogP) is 3.07. The summed E-state index contributed by atoms with van der Waals surface area (Å²) in [6.45, 7) is 0. The van der Waals surface area contributed by atoms with Gasteiger partial charge in [-0.25, -0.2) is 0 Å². The summed E-state index contributed by atoms with van der Waals surface area (Å²) in [7, 11) is 1.65. The van der Waals surface area contributed by atoms with Crippen LogP contribution in [-0.4, -0.2) is 7.11 Å². The molecule has 0 aliphatic heterocycles. The van der Waals surface area contributed by atoms with E-state index in [1.807, 2.05) is 54.6 Å². The maximum Gasteiger partial charge on any atom is 0.205 e. The van der Waals surface area contributed by atoms with Gasteiger partial charge in [-0.1, -0.05) is 36.4 Å². The summed E-state index contributed by atoms with van der Waals surface area (Å²) in [5, 5.41) is 14.2. The van der Waals surface area contributed by atoms with E-state index in [9.17, 15) is 5.21 Å². The number of pyridine rings is 1. The SMILES string of the molecule is COc1ccccc1Cc1c2ccccc2cc[n+]1[O-]. The van der Waals surface area contributed by atoms with Gasteiger partial charge in [0.2, 0.25) is 5.69 Å². The van der Waals surface area contributed by atoms with Crippen LogP contribution in [-0.2, 0) is 6.42 Å². The Kier molecular flexibility index (Phi) is 3.25. The number of methoxy groups -OCH3 is 1. The van der Waals surface area contributed by atoms with E-state index in [2.05, 4.69) is 0 Å². The Morgan fingerprint density at radius 3 is 2.60 bits per heavy atom. The molecule has 0 saturated carbocycles. The molecule has 3 heteroatoms. The third kappa shape index (κ3) is 2.18. The fraction of sp³-hybridized carbons (Fsp3) is 0.118. The van der Waals surface area contributed by atoms with Crippen LogP contribution in [0, 0.1) is 5.21 Å². The number of aromatic nitrogens is 1. The average molecular weight is 265 g/mol. The van der Waals surface area contributed by atoms with Crippen molar-refractivity contribution < 1.29 is 9.47 Å². The lowest BCUT2D eigenvalue weighted by Gasteiger charge is -2.10. The molecule has 0 unspecified atom stereocenters. The van der Waals surface area contributed by atoms with Gasteiger partial charge in [0.05, 0.1) is 18.9 Å². The Morgan fingerprint density at radius 2 is 1.75 bits per heavy atom. The molecule has 20 heavy (non-hydrogen) atoms. The first kappa shape index (κ1) is 12.5. The van der Waals surface area contributed by atoms with E-state index in [1.165, 1.54) is 0 Å². The maximum atomic E-state index is 12.1. The quantitative estimate of drug-likeness (QED) is 0.539. The smallest absolute Gasteiger partial charge is 0.205 e. The second-order valence-electron chi connectivity index (χ2n) is 4.66. The second kappa shape index (κ2) is 5.21. The summed E-state index contributed by atoms with van der Waals surface area (Å²) in [5.74, 6) is 0.806. The van der Waals surface area contributed by atoms with Crippen molar-refractivity contribution in [1.29, 1.82) is 0 Å². The summed E-state index contributed by atoms with van der Waals surface area (Å²) in [6.07, 6.45) is 2.11. The van der Waals surface area contributed by atoms with Crippen LogP contribution >= 0.6 is 0 Å². The minimum Gasteiger partial charge on any atom is -0.618 e. The largest absolute Gasteiger partial charge is 0.618 e. The number of nitrogens with zero attached hydrogens (tertiary/aromatic N) is 1. The first-order valence-electron chi connectivity index (χ1n) is 6.51. The van der Waals surface area contributed by atoms with Crippen LogP contribution < -0.4 is 9.47 Å². The zero-order chi connectivity index (χ0) is 13.9. The van der Waals surface area contributed by atoms with Gasteiger partial charge in [0.1, 0.15) is 5.75 Å². The fourth-order valence-corrected chi connectivity index (χ4v) is 2.46. The Balaban J connectivity index is 2.13. The Hall–Kier alpha value is -2.55. The highest BCUT2D eigenvalue weighted by molar-refractivity contribution is 5.83. The number of rotatable bonds is 3. The molecule has 0 aliphatic rings. The van der Waals surface area contributed by atoms with E-state index >= 15 is 0 Å². The highest BCUT2D eigenvalue weighted by Crippen LogP contribution is 2.23. The molecule has 0 amide bonds. The molecule has 0 radical (unpaired) electrons. The highest BCUT2D eigenvalue weighted by Gasteiger charge is 2.14. The summed E-state index contributed by atoms with van der Waals surface area (Å²) >= 11 is 0. The van der Waals surface area contributed by atoms with E-state index in [0.29, 0.717) is 6.42 Å². The first-order valence-corrected chi connectivity index (χ1v) is 6.51. The van der Waals surface area contributed by atoms with Gasteiger partial charge in [-0.2, -0.15) is 4.73 Å². The van der Waals surface area contributed by atoms with Crippen LogP contribution in [0.2, 0.25) is 0 Å². The summed E-state index contributed by atoms with van der Waals surface area (Å²) in [6, 6.07) is 17.5. The molecule has 0 saturated heterocycles. The zero-order valence-corrected chi connectivity index (χ0v) is 11.2. The molecule has 0 N–H and O–H groups in total.